The molecule has 3 rings (SSSR count). The summed E-state index contributed by atoms with van der Waals surface area (Å²) < 4.78 is 5.25. The van der Waals surface area contributed by atoms with E-state index in [0.29, 0.717) is 22.2 Å². The van der Waals surface area contributed by atoms with Gasteiger partial charge in [-0.25, -0.2) is 0 Å². The molecule has 148 valence electrons. The fourth-order valence-electron chi connectivity index (χ4n) is 2.98. The second-order valence-corrected chi connectivity index (χ2v) is 7.73. The Morgan fingerprint density at radius 3 is 2.55 bits per heavy atom. The first-order valence-corrected chi connectivity index (χ1v) is 10.1. The van der Waals surface area contributed by atoms with E-state index in [9.17, 15) is 14.9 Å². The van der Waals surface area contributed by atoms with Gasteiger partial charge in [0.15, 0.2) is 0 Å². The quantitative estimate of drug-likeness (QED) is 0.596. The monoisotopic (exact) mass is 407 g/mol. The van der Waals surface area contributed by atoms with E-state index in [0.717, 1.165) is 12.0 Å². The first-order chi connectivity index (χ1) is 14.0. The Morgan fingerprint density at radius 1 is 1.24 bits per heavy atom. The summed E-state index contributed by atoms with van der Waals surface area (Å²) in [6.07, 6.45) is 0.882. The number of ether oxygens (including phenoxy) is 1. The number of nitriles is 1. The highest BCUT2D eigenvalue weighted by molar-refractivity contribution is 8.05. The number of thioether (sulfide) groups is 1. The average Bonchev–Trinajstić information content (AvgIpc) is 3.03. The van der Waals surface area contributed by atoms with Crippen LogP contribution in [0.5, 0.6) is 5.75 Å². The second kappa shape index (κ2) is 8.84. The molecule has 1 unspecified atom stereocenters. The van der Waals surface area contributed by atoms with Gasteiger partial charge in [0.25, 0.3) is 5.91 Å². The molecule has 0 aromatic heterocycles. The van der Waals surface area contributed by atoms with Crippen molar-refractivity contribution in [2.45, 2.75) is 25.5 Å². The summed E-state index contributed by atoms with van der Waals surface area (Å²) in [6.45, 7) is 3.82. The summed E-state index contributed by atoms with van der Waals surface area (Å²) >= 11 is 1.21. The lowest BCUT2D eigenvalue weighted by Crippen LogP contribution is -2.29. The van der Waals surface area contributed by atoms with Crippen LogP contribution < -0.4 is 15.0 Å². The van der Waals surface area contributed by atoms with Gasteiger partial charge in [-0.05, 0) is 43.2 Å². The molecule has 0 aliphatic carbocycles. The van der Waals surface area contributed by atoms with Gasteiger partial charge in [0.05, 0.1) is 18.0 Å². The minimum atomic E-state index is -0.587. The van der Waals surface area contributed by atoms with Crippen LogP contribution in [0.25, 0.3) is 0 Å². The summed E-state index contributed by atoms with van der Waals surface area (Å²) in [7, 11) is 1.50. The molecule has 0 saturated carbocycles. The maximum atomic E-state index is 12.9. The molecule has 6 nitrogen and oxygen atoms in total. The van der Waals surface area contributed by atoms with E-state index < -0.39 is 11.2 Å². The van der Waals surface area contributed by atoms with Crippen molar-refractivity contribution in [1.82, 2.24) is 0 Å². The standard InChI is InChI=1S/C22H21N3O3S/c1-4-15-9-11-16(12-10-15)25-21(27)14(2)29-22(25)17(13-23)20(26)24-18-7-5-6-8-19(18)28-3/h5-12,14H,4H2,1-3H3,(H,24,26)/b22-17-. The third-order valence-corrected chi connectivity index (χ3v) is 5.74. The summed E-state index contributed by atoms with van der Waals surface area (Å²) in [4.78, 5) is 27.1. The number of methoxy groups -OCH3 is 1. The van der Waals surface area contributed by atoms with E-state index in [4.69, 9.17) is 4.74 Å². The number of nitrogens with zero attached hydrogens (tertiary/aromatic N) is 2. The zero-order valence-electron chi connectivity index (χ0n) is 16.4. The molecule has 2 amide bonds. The first kappa shape index (κ1) is 20.5. The Hall–Kier alpha value is -3.24. The summed E-state index contributed by atoms with van der Waals surface area (Å²) in [5.74, 6) is -0.262. The largest absolute Gasteiger partial charge is 0.495 e. The van der Waals surface area contributed by atoms with Gasteiger partial charge < -0.3 is 10.1 Å². The molecule has 1 heterocycles. The van der Waals surface area contributed by atoms with Crippen LogP contribution in [-0.4, -0.2) is 24.2 Å². The van der Waals surface area contributed by atoms with E-state index in [-0.39, 0.29) is 11.5 Å². The Morgan fingerprint density at radius 2 is 1.93 bits per heavy atom. The molecule has 1 fully saturated rings. The zero-order valence-corrected chi connectivity index (χ0v) is 17.2. The highest BCUT2D eigenvalue weighted by Crippen LogP contribution is 2.40. The topological polar surface area (TPSA) is 82.4 Å². The van der Waals surface area contributed by atoms with Crippen molar-refractivity contribution >= 4 is 35.0 Å². The lowest BCUT2D eigenvalue weighted by atomic mass is 10.1. The van der Waals surface area contributed by atoms with Crippen LogP contribution in [0.4, 0.5) is 11.4 Å². The average molecular weight is 407 g/mol. The Balaban J connectivity index is 2.00. The molecule has 0 bridgehead atoms. The van der Waals surface area contributed by atoms with Crippen LogP contribution in [-0.2, 0) is 16.0 Å². The van der Waals surface area contributed by atoms with Gasteiger partial charge in [-0.1, -0.05) is 43.0 Å². The number of carbonyl (C=O) groups is 2. The van der Waals surface area contributed by atoms with Gasteiger partial charge in [0.1, 0.15) is 22.4 Å². The van der Waals surface area contributed by atoms with Crippen LogP contribution in [0.15, 0.2) is 59.1 Å². The van der Waals surface area contributed by atoms with Gasteiger partial charge >= 0.3 is 0 Å². The van der Waals surface area contributed by atoms with Gasteiger partial charge in [0.2, 0.25) is 5.91 Å². The lowest BCUT2D eigenvalue weighted by molar-refractivity contribution is -0.116. The normalized spacial score (nSPS) is 17.7. The molecule has 2 aromatic rings. The molecule has 0 radical (unpaired) electrons. The van der Waals surface area contributed by atoms with Gasteiger partial charge in [-0.2, -0.15) is 5.26 Å². The van der Waals surface area contributed by atoms with Gasteiger partial charge in [-0.3, -0.25) is 14.5 Å². The van der Waals surface area contributed by atoms with E-state index in [1.165, 1.54) is 23.8 Å². The van der Waals surface area contributed by atoms with Crippen molar-refractivity contribution in [2.75, 3.05) is 17.3 Å². The number of para-hydroxylation sites is 2. The minimum absolute atomic E-state index is 0.113. The van der Waals surface area contributed by atoms with Crippen LogP contribution in [0.3, 0.4) is 0 Å². The number of carbonyl (C=O) groups excluding carboxylic acids is 2. The smallest absolute Gasteiger partial charge is 0.269 e. The molecule has 1 aliphatic heterocycles. The van der Waals surface area contributed by atoms with Crippen molar-refractivity contribution in [2.24, 2.45) is 0 Å². The fourth-order valence-corrected chi connectivity index (χ4v) is 4.07. The molecule has 1 atom stereocenters. The van der Waals surface area contributed by atoms with Crippen molar-refractivity contribution in [3.63, 3.8) is 0 Å². The van der Waals surface area contributed by atoms with Crippen LogP contribution in [0, 0.1) is 11.3 Å². The second-order valence-electron chi connectivity index (χ2n) is 6.40. The molecule has 1 saturated heterocycles. The van der Waals surface area contributed by atoms with Crippen molar-refractivity contribution in [3.05, 3.63) is 64.7 Å². The van der Waals surface area contributed by atoms with Crippen LogP contribution in [0.1, 0.15) is 19.4 Å². The third kappa shape index (κ3) is 4.13. The third-order valence-electron chi connectivity index (χ3n) is 4.57. The van der Waals surface area contributed by atoms with Gasteiger partial charge in [-0.15, -0.1) is 0 Å². The van der Waals surface area contributed by atoms with Crippen molar-refractivity contribution in [3.8, 4) is 11.8 Å². The number of hydrogen-bond acceptors (Lipinski definition) is 5. The van der Waals surface area contributed by atoms with Crippen LogP contribution >= 0.6 is 11.8 Å². The highest BCUT2D eigenvalue weighted by atomic mass is 32.2. The number of benzene rings is 2. The lowest BCUT2D eigenvalue weighted by Gasteiger charge is -2.19. The molecule has 1 aliphatic rings. The number of nitrogens with one attached hydrogen (secondary N) is 1. The number of aryl methyl sites for hydroxylation is 1. The molecular formula is C22H21N3O3S. The van der Waals surface area contributed by atoms with Crippen molar-refractivity contribution in [1.29, 1.82) is 5.26 Å². The fraction of sp³-hybridized carbons (Fsp3) is 0.227. The number of hydrogen-bond donors (Lipinski definition) is 1. The number of amides is 2. The maximum Gasteiger partial charge on any atom is 0.269 e. The number of anilines is 2. The van der Waals surface area contributed by atoms with E-state index in [1.807, 2.05) is 30.3 Å². The van der Waals surface area contributed by atoms with E-state index in [2.05, 4.69) is 12.2 Å². The Kier molecular flexibility index (Phi) is 6.25. The maximum absolute atomic E-state index is 12.9. The summed E-state index contributed by atoms with van der Waals surface area (Å²) in [5, 5.41) is 12.4. The Bertz CT molecular complexity index is 1010. The molecule has 2 aromatic carbocycles. The predicted octanol–water partition coefficient (Wildman–Crippen LogP) is 4.10. The van der Waals surface area contributed by atoms with Crippen LogP contribution in [0.2, 0.25) is 0 Å². The molecule has 1 N–H and O–H groups in total. The molecule has 29 heavy (non-hydrogen) atoms. The van der Waals surface area contributed by atoms with E-state index >= 15 is 0 Å². The number of rotatable bonds is 5. The highest BCUT2D eigenvalue weighted by Gasteiger charge is 2.38. The van der Waals surface area contributed by atoms with Gasteiger partial charge in [0, 0.05) is 5.69 Å². The predicted molar refractivity (Wildman–Crippen MR) is 115 cm³/mol. The molecule has 7 heteroatoms. The first-order valence-electron chi connectivity index (χ1n) is 9.18. The van der Waals surface area contributed by atoms with E-state index in [1.54, 1.807) is 31.2 Å². The minimum Gasteiger partial charge on any atom is -0.495 e. The SMILES string of the molecule is CCc1ccc(N2C(=O)C(C)S/C2=C(/C#N)C(=O)Nc2ccccc2OC)cc1. The molecule has 0 spiro atoms. The summed E-state index contributed by atoms with van der Waals surface area (Å²) in [6, 6.07) is 16.5. The Labute approximate surface area is 174 Å². The van der Waals surface area contributed by atoms with Crippen molar-refractivity contribution < 1.29 is 14.3 Å². The molecular weight excluding hydrogens is 386 g/mol. The zero-order chi connectivity index (χ0) is 21.0. The summed E-state index contributed by atoms with van der Waals surface area (Å²) in [5.41, 5.74) is 2.12.